The van der Waals surface area contributed by atoms with E-state index in [1.54, 1.807) is 0 Å². The molecule has 0 aromatic carbocycles. The number of aryl methyl sites for hydroxylation is 4. The van der Waals surface area contributed by atoms with E-state index >= 15 is 0 Å². The smallest absolute Gasteiger partial charge is 0.181 e. The van der Waals surface area contributed by atoms with Gasteiger partial charge < -0.3 is 4.42 Å². The van der Waals surface area contributed by atoms with Gasteiger partial charge in [-0.05, 0) is 44.8 Å². The highest BCUT2D eigenvalue weighted by Crippen LogP contribution is 2.05. The third-order valence-corrected chi connectivity index (χ3v) is 2.81. The van der Waals surface area contributed by atoms with Gasteiger partial charge in [-0.2, -0.15) is 4.37 Å². The molecule has 0 atom stereocenters. The van der Waals surface area contributed by atoms with Gasteiger partial charge >= 0.3 is 0 Å². The molecule has 4 heteroatoms. The predicted molar refractivity (Wildman–Crippen MR) is 57.6 cm³/mol. The maximum Gasteiger partial charge on any atom is 0.181 e. The summed E-state index contributed by atoms with van der Waals surface area (Å²) in [6.07, 6.45) is 1.45. The second-order valence-corrected chi connectivity index (χ2v) is 3.71. The van der Waals surface area contributed by atoms with Crippen molar-refractivity contribution in [3.05, 3.63) is 34.5 Å². The van der Waals surface area contributed by atoms with Crippen molar-refractivity contribution in [3.63, 3.8) is 0 Å². The van der Waals surface area contributed by atoms with Gasteiger partial charge in [-0.15, -0.1) is 0 Å². The lowest BCUT2D eigenvalue weighted by atomic mass is 10.3. The molecule has 2 aromatic heterocycles. The van der Waals surface area contributed by atoms with Crippen LogP contribution in [0.3, 0.4) is 0 Å². The molecule has 0 bridgehead atoms. The molecule has 0 aliphatic carbocycles. The van der Waals surface area contributed by atoms with Gasteiger partial charge in [-0.1, -0.05) is 0 Å². The second-order valence-electron chi connectivity index (χ2n) is 3.08. The fourth-order valence-electron chi connectivity index (χ4n) is 0.702. The molecule has 0 unspecified atom stereocenters. The van der Waals surface area contributed by atoms with E-state index in [9.17, 15) is 0 Å². The van der Waals surface area contributed by atoms with Crippen molar-refractivity contribution in [2.75, 3.05) is 0 Å². The molecule has 0 spiro atoms. The van der Waals surface area contributed by atoms with Crippen LogP contribution >= 0.6 is 11.5 Å². The summed E-state index contributed by atoms with van der Waals surface area (Å²) in [4.78, 5) is 3.85. The number of aromatic nitrogens is 2. The van der Waals surface area contributed by atoms with Crippen molar-refractivity contribution in [1.29, 1.82) is 0 Å². The molecule has 0 amide bonds. The molecule has 3 nitrogen and oxygen atoms in total. The first-order valence-electron chi connectivity index (χ1n) is 4.35. The number of oxazole rings is 1. The first-order valence-corrected chi connectivity index (χ1v) is 5.19. The van der Waals surface area contributed by atoms with Crippen LogP contribution < -0.4 is 0 Å². The van der Waals surface area contributed by atoms with Crippen LogP contribution in [0.25, 0.3) is 0 Å². The fraction of sp³-hybridized carbons (Fsp3) is 0.400. The average Bonchev–Trinajstić information content (AvgIpc) is 2.67. The monoisotopic (exact) mass is 210 g/mol. The minimum absolute atomic E-state index is 0.903. The summed E-state index contributed by atoms with van der Waals surface area (Å²) in [7, 11) is 0. The molecule has 76 valence electrons. The highest BCUT2D eigenvalue weighted by Gasteiger charge is 1.90. The Morgan fingerprint density at radius 3 is 2.00 bits per heavy atom. The van der Waals surface area contributed by atoms with E-state index < -0.39 is 0 Å². The van der Waals surface area contributed by atoms with Gasteiger partial charge in [0.25, 0.3) is 0 Å². The van der Waals surface area contributed by atoms with Crippen molar-refractivity contribution in [1.82, 2.24) is 9.36 Å². The van der Waals surface area contributed by atoms with Crippen LogP contribution in [-0.4, -0.2) is 9.36 Å². The zero-order chi connectivity index (χ0) is 10.6. The largest absolute Gasteiger partial charge is 0.449 e. The van der Waals surface area contributed by atoms with Gasteiger partial charge in [0.15, 0.2) is 6.39 Å². The summed E-state index contributed by atoms with van der Waals surface area (Å²) in [6.45, 7) is 7.89. The summed E-state index contributed by atoms with van der Waals surface area (Å²) < 4.78 is 8.91. The molecule has 2 heterocycles. The summed E-state index contributed by atoms with van der Waals surface area (Å²) in [6, 6.07) is 0. The van der Waals surface area contributed by atoms with E-state index in [1.165, 1.54) is 23.5 Å². The number of nitrogens with zero attached hydrogens (tertiary/aromatic N) is 2. The van der Waals surface area contributed by atoms with Gasteiger partial charge in [0, 0.05) is 5.38 Å². The molecule has 14 heavy (non-hydrogen) atoms. The van der Waals surface area contributed by atoms with Gasteiger partial charge in [0.2, 0.25) is 0 Å². The van der Waals surface area contributed by atoms with Crippen LogP contribution in [0.4, 0.5) is 0 Å². The molecule has 0 saturated carbocycles. The van der Waals surface area contributed by atoms with Crippen molar-refractivity contribution < 1.29 is 4.42 Å². The van der Waals surface area contributed by atoms with Crippen LogP contribution in [-0.2, 0) is 0 Å². The third kappa shape index (κ3) is 2.96. The lowest BCUT2D eigenvalue weighted by Crippen LogP contribution is -1.69. The van der Waals surface area contributed by atoms with E-state index in [0.29, 0.717) is 0 Å². The zero-order valence-electron chi connectivity index (χ0n) is 8.87. The first-order chi connectivity index (χ1) is 6.61. The third-order valence-electron chi connectivity index (χ3n) is 1.98. The maximum absolute atomic E-state index is 4.85. The summed E-state index contributed by atoms with van der Waals surface area (Å²) in [5.74, 6) is 0.903. The quantitative estimate of drug-likeness (QED) is 0.670. The topological polar surface area (TPSA) is 38.9 Å². The molecule has 0 N–H and O–H groups in total. The summed E-state index contributed by atoms with van der Waals surface area (Å²) in [5, 5.41) is 2.05. The maximum atomic E-state index is 4.85. The summed E-state index contributed by atoms with van der Waals surface area (Å²) in [5.41, 5.74) is 3.43. The van der Waals surface area contributed by atoms with Crippen LogP contribution in [0.15, 0.2) is 16.2 Å². The fourth-order valence-corrected chi connectivity index (χ4v) is 1.39. The molecule has 2 aromatic rings. The molecular formula is C10H14N2OS. The number of hydrogen-bond acceptors (Lipinski definition) is 4. The van der Waals surface area contributed by atoms with Crippen molar-refractivity contribution in [2.45, 2.75) is 27.7 Å². The molecule has 0 fully saturated rings. The van der Waals surface area contributed by atoms with Crippen molar-refractivity contribution in [3.8, 4) is 0 Å². The Labute approximate surface area is 88.0 Å². The Kier molecular flexibility index (Phi) is 3.83. The van der Waals surface area contributed by atoms with E-state index in [4.69, 9.17) is 4.42 Å². The highest BCUT2D eigenvalue weighted by molar-refractivity contribution is 7.03. The normalized spacial score (nSPS) is 9.43. The Morgan fingerprint density at radius 1 is 1.14 bits per heavy atom. The molecule has 0 saturated heterocycles. The van der Waals surface area contributed by atoms with Crippen LogP contribution in [0.5, 0.6) is 0 Å². The zero-order valence-corrected chi connectivity index (χ0v) is 9.68. The summed E-state index contributed by atoms with van der Waals surface area (Å²) >= 11 is 1.52. The Hall–Kier alpha value is -1.16. The van der Waals surface area contributed by atoms with E-state index in [-0.39, 0.29) is 0 Å². The molecule has 0 aliphatic rings. The first kappa shape index (κ1) is 10.9. The Balaban J connectivity index is 0.000000140. The van der Waals surface area contributed by atoms with E-state index in [1.807, 2.05) is 20.8 Å². The van der Waals surface area contributed by atoms with Crippen molar-refractivity contribution >= 4 is 11.5 Å². The lowest BCUT2D eigenvalue weighted by Gasteiger charge is -1.77. The Bertz CT molecular complexity index is 321. The SMILES string of the molecule is Cc1csnc1C.Cc1ncoc1C. The van der Waals surface area contributed by atoms with Crippen molar-refractivity contribution in [2.24, 2.45) is 0 Å². The van der Waals surface area contributed by atoms with Crippen LogP contribution in [0.1, 0.15) is 22.7 Å². The molecular weight excluding hydrogens is 196 g/mol. The molecule has 2 rings (SSSR count). The van der Waals surface area contributed by atoms with Gasteiger partial charge in [0.05, 0.1) is 11.4 Å². The lowest BCUT2D eigenvalue weighted by molar-refractivity contribution is 0.525. The Morgan fingerprint density at radius 2 is 1.86 bits per heavy atom. The molecule has 0 radical (unpaired) electrons. The average molecular weight is 210 g/mol. The minimum Gasteiger partial charge on any atom is -0.449 e. The molecule has 0 aliphatic heterocycles. The van der Waals surface area contributed by atoms with Crippen LogP contribution in [0, 0.1) is 27.7 Å². The van der Waals surface area contributed by atoms with E-state index in [0.717, 1.165) is 17.1 Å². The highest BCUT2D eigenvalue weighted by atomic mass is 32.1. The minimum atomic E-state index is 0.903. The van der Waals surface area contributed by atoms with Gasteiger partial charge in [-0.3, -0.25) is 0 Å². The predicted octanol–water partition coefficient (Wildman–Crippen LogP) is 3.05. The van der Waals surface area contributed by atoms with Gasteiger partial charge in [-0.25, -0.2) is 4.98 Å². The standard InChI is InChI=1S/C5H7NO.C5H7NS/c1-4-5(2)7-3-6-4;1-4-3-7-6-5(4)2/h2*3H,1-2H3. The second kappa shape index (κ2) is 4.91. The van der Waals surface area contributed by atoms with E-state index in [2.05, 4.69) is 21.7 Å². The number of hydrogen-bond donors (Lipinski definition) is 0. The van der Waals surface area contributed by atoms with Crippen LogP contribution in [0.2, 0.25) is 0 Å². The number of rotatable bonds is 0. The van der Waals surface area contributed by atoms with Gasteiger partial charge in [0.1, 0.15) is 5.76 Å².